The highest BCUT2D eigenvalue weighted by molar-refractivity contribution is 5.93. The first-order valence-electron chi connectivity index (χ1n) is 14.4. The Labute approximate surface area is 254 Å². The largest absolute Gasteiger partial charge is 0.506 e. The number of carbonyl (C=O) groups is 1. The highest BCUT2D eigenvalue weighted by Crippen LogP contribution is 2.31. The number of nitriles is 1. The van der Waals surface area contributed by atoms with Crippen molar-refractivity contribution in [1.82, 2.24) is 24.7 Å². The number of aryl methyl sites for hydroxylation is 1. The standard InChI is InChI=1S/C32H31N9O3/c1-40-19-24(16-37-40)22-7-12-29(35-14-22)41(32(43)44-20-21-5-3-2-4-6-21)26-10-8-25(9-11-26)38-31-36-15-23(13-33)30(39-31)27-17-34-18-28(27)42/h2-7,12,14-16,18-19,25-26,42H,8-11,17,20H2,1H3,(H,36,38,39). The van der Waals surface area contributed by atoms with E-state index in [-0.39, 0.29) is 36.6 Å². The SMILES string of the molecule is Cn1cc(-c2ccc(N(C(=O)OCc3ccccc3)C3CCC(Nc4ncc(C#N)c(C5=C(O)C=NC5)n4)CC3)nc2)cn1. The molecule has 4 heterocycles. The van der Waals surface area contributed by atoms with E-state index >= 15 is 0 Å². The number of ether oxygens (including phenoxy) is 1. The first kappa shape index (κ1) is 28.5. The summed E-state index contributed by atoms with van der Waals surface area (Å²) in [6.45, 7) is 0.422. The molecule has 1 aromatic carbocycles. The molecule has 2 aliphatic rings. The molecule has 1 aliphatic carbocycles. The average molecular weight is 590 g/mol. The highest BCUT2D eigenvalue weighted by Gasteiger charge is 2.32. The van der Waals surface area contributed by atoms with Gasteiger partial charge in [0.2, 0.25) is 5.95 Å². The third-order valence-corrected chi connectivity index (χ3v) is 7.80. The van der Waals surface area contributed by atoms with E-state index in [0.29, 0.717) is 35.9 Å². The first-order chi connectivity index (χ1) is 21.5. The molecule has 4 aromatic rings. The molecule has 6 rings (SSSR count). The fourth-order valence-electron chi connectivity index (χ4n) is 5.49. The summed E-state index contributed by atoms with van der Waals surface area (Å²) in [5.41, 5.74) is 3.91. The topological polar surface area (TPSA) is 154 Å². The predicted molar refractivity (Wildman–Crippen MR) is 165 cm³/mol. The number of hydrogen-bond donors (Lipinski definition) is 2. The minimum atomic E-state index is -0.446. The summed E-state index contributed by atoms with van der Waals surface area (Å²) in [6.07, 6.45) is 10.7. The Morgan fingerprint density at radius 2 is 1.91 bits per heavy atom. The van der Waals surface area contributed by atoms with Crippen molar-refractivity contribution < 1.29 is 14.6 Å². The molecule has 1 amide bonds. The number of aliphatic hydroxyl groups excluding tert-OH is 1. The van der Waals surface area contributed by atoms with Crippen LogP contribution in [0, 0.1) is 11.3 Å². The third-order valence-electron chi connectivity index (χ3n) is 7.80. The van der Waals surface area contributed by atoms with Gasteiger partial charge in [0.1, 0.15) is 24.3 Å². The van der Waals surface area contributed by atoms with Crippen molar-refractivity contribution in [2.45, 2.75) is 44.4 Å². The number of benzene rings is 1. The number of carbonyl (C=O) groups excluding carboxylic acids is 1. The van der Waals surface area contributed by atoms with Crippen LogP contribution in [0.1, 0.15) is 42.5 Å². The smallest absolute Gasteiger partial charge is 0.416 e. The number of aromatic nitrogens is 5. The van der Waals surface area contributed by atoms with Crippen LogP contribution in [-0.4, -0.2) is 60.8 Å². The van der Waals surface area contributed by atoms with E-state index in [1.807, 2.05) is 55.7 Å². The Balaban J connectivity index is 1.16. The van der Waals surface area contributed by atoms with Gasteiger partial charge in [0, 0.05) is 48.2 Å². The summed E-state index contributed by atoms with van der Waals surface area (Å²) in [5.74, 6) is 0.911. The summed E-state index contributed by atoms with van der Waals surface area (Å²) in [5, 5.41) is 27.3. The number of nitrogens with one attached hydrogen (secondary N) is 1. The lowest BCUT2D eigenvalue weighted by Gasteiger charge is -2.36. The van der Waals surface area contributed by atoms with E-state index < -0.39 is 6.09 Å². The maximum absolute atomic E-state index is 13.6. The number of amides is 1. The minimum Gasteiger partial charge on any atom is -0.506 e. The van der Waals surface area contributed by atoms with Crippen molar-refractivity contribution in [2.24, 2.45) is 12.0 Å². The summed E-state index contributed by atoms with van der Waals surface area (Å²) < 4.78 is 7.50. The predicted octanol–water partition coefficient (Wildman–Crippen LogP) is 5.06. The fraction of sp³-hybridized carbons (Fsp3) is 0.281. The van der Waals surface area contributed by atoms with Gasteiger partial charge in [0.25, 0.3) is 0 Å². The van der Waals surface area contributed by atoms with Gasteiger partial charge in [-0.05, 0) is 43.4 Å². The van der Waals surface area contributed by atoms with Gasteiger partial charge < -0.3 is 15.2 Å². The van der Waals surface area contributed by atoms with Gasteiger partial charge in [0.05, 0.1) is 36.4 Å². The molecule has 0 spiro atoms. The van der Waals surface area contributed by atoms with Crippen molar-refractivity contribution in [2.75, 3.05) is 16.8 Å². The molecule has 0 saturated heterocycles. The van der Waals surface area contributed by atoms with E-state index in [1.54, 1.807) is 22.0 Å². The van der Waals surface area contributed by atoms with Crippen molar-refractivity contribution in [3.8, 4) is 17.2 Å². The van der Waals surface area contributed by atoms with Crippen LogP contribution in [-0.2, 0) is 18.4 Å². The molecule has 0 radical (unpaired) electrons. The molecule has 12 heteroatoms. The Kier molecular flexibility index (Phi) is 8.27. The fourth-order valence-corrected chi connectivity index (χ4v) is 5.49. The van der Waals surface area contributed by atoms with Crippen LogP contribution < -0.4 is 10.2 Å². The molecular weight excluding hydrogens is 558 g/mol. The second kappa shape index (κ2) is 12.7. The van der Waals surface area contributed by atoms with Crippen LogP contribution in [0.3, 0.4) is 0 Å². The van der Waals surface area contributed by atoms with E-state index in [2.05, 4.69) is 36.4 Å². The van der Waals surface area contributed by atoms with Gasteiger partial charge in [-0.2, -0.15) is 10.4 Å². The maximum atomic E-state index is 13.6. The van der Waals surface area contributed by atoms with Gasteiger partial charge in [-0.3, -0.25) is 14.6 Å². The number of anilines is 2. The zero-order valence-corrected chi connectivity index (χ0v) is 24.2. The molecule has 44 heavy (non-hydrogen) atoms. The minimum absolute atomic E-state index is 0.00739. The van der Waals surface area contributed by atoms with E-state index in [4.69, 9.17) is 4.74 Å². The summed E-state index contributed by atoms with van der Waals surface area (Å²) in [6, 6.07) is 15.4. The van der Waals surface area contributed by atoms with E-state index in [9.17, 15) is 15.2 Å². The molecule has 0 bridgehead atoms. The van der Waals surface area contributed by atoms with Crippen molar-refractivity contribution >= 4 is 29.6 Å². The number of rotatable bonds is 8. The second-order valence-electron chi connectivity index (χ2n) is 10.8. The van der Waals surface area contributed by atoms with Gasteiger partial charge >= 0.3 is 6.09 Å². The maximum Gasteiger partial charge on any atom is 0.416 e. The lowest BCUT2D eigenvalue weighted by atomic mass is 9.90. The Morgan fingerprint density at radius 1 is 1.09 bits per heavy atom. The quantitative estimate of drug-likeness (QED) is 0.287. The van der Waals surface area contributed by atoms with Crippen molar-refractivity contribution in [1.29, 1.82) is 5.26 Å². The molecule has 12 nitrogen and oxygen atoms in total. The lowest BCUT2D eigenvalue weighted by Crippen LogP contribution is -2.45. The Morgan fingerprint density at radius 3 is 2.57 bits per heavy atom. The van der Waals surface area contributed by atoms with Gasteiger partial charge in [-0.15, -0.1) is 0 Å². The van der Waals surface area contributed by atoms with Crippen molar-refractivity contribution in [3.63, 3.8) is 0 Å². The number of aliphatic imine (C=N–C) groups is 1. The van der Waals surface area contributed by atoms with Crippen LogP contribution >= 0.6 is 0 Å². The van der Waals surface area contributed by atoms with E-state index in [0.717, 1.165) is 29.5 Å². The van der Waals surface area contributed by atoms with E-state index in [1.165, 1.54) is 12.4 Å². The van der Waals surface area contributed by atoms with Crippen LogP contribution in [0.2, 0.25) is 0 Å². The van der Waals surface area contributed by atoms with Crippen LogP contribution in [0.25, 0.3) is 16.7 Å². The normalized spacial score (nSPS) is 17.7. The molecular formula is C32H31N9O3. The lowest BCUT2D eigenvalue weighted by molar-refractivity contribution is 0.142. The summed E-state index contributed by atoms with van der Waals surface area (Å²) in [7, 11) is 1.86. The zero-order valence-electron chi connectivity index (χ0n) is 24.2. The number of nitrogens with zero attached hydrogens (tertiary/aromatic N) is 8. The number of aliphatic hydroxyl groups is 1. The number of pyridine rings is 1. The van der Waals surface area contributed by atoms with Crippen LogP contribution in [0.15, 0.2) is 78.0 Å². The molecule has 0 atom stereocenters. The molecule has 1 fully saturated rings. The number of allylic oxidation sites excluding steroid dienone is 1. The van der Waals surface area contributed by atoms with Gasteiger partial charge in [0.15, 0.2) is 0 Å². The second-order valence-corrected chi connectivity index (χ2v) is 10.8. The third kappa shape index (κ3) is 6.27. The van der Waals surface area contributed by atoms with Crippen LogP contribution in [0.5, 0.6) is 0 Å². The first-order valence-corrected chi connectivity index (χ1v) is 14.4. The van der Waals surface area contributed by atoms with Crippen molar-refractivity contribution in [3.05, 3.63) is 89.8 Å². The highest BCUT2D eigenvalue weighted by atomic mass is 16.6. The molecule has 1 aliphatic heterocycles. The Hall–Kier alpha value is -5.57. The molecule has 2 N–H and O–H groups in total. The number of hydrogen-bond acceptors (Lipinski definition) is 10. The molecule has 3 aromatic heterocycles. The zero-order chi connectivity index (χ0) is 30.5. The Bertz CT molecular complexity index is 1730. The monoisotopic (exact) mass is 589 g/mol. The molecule has 0 unspecified atom stereocenters. The van der Waals surface area contributed by atoms with Gasteiger partial charge in [-0.25, -0.2) is 19.7 Å². The summed E-state index contributed by atoms with van der Waals surface area (Å²) in [4.78, 5) is 32.8. The van der Waals surface area contributed by atoms with Gasteiger partial charge in [-0.1, -0.05) is 30.3 Å². The molecule has 1 saturated carbocycles. The molecule has 222 valence electrons. The van der Waals surface area contributed by atoms with Crippen LogP contribution in [0.4, 0.5) is 16.6 Å². The summed E-state index contributed by atoms with van der Waals surface area (Å²) >= 11 is 0. The average Bonchev–Trinajstić information content (AvgIpc) is 3.69.